The van der Waals surface area contributed by atoms with Crippen molar-refractivity contribution in [2.24, 2.45) is 11.8 Å². The van der Waals surface area contributed by atoms with Crippen molar-refractivity contribution in [1.29, 1.82) is 0 Å². The number of hydrogen-bond acceptors (Lipinski definition) is 6. The SMILES string of the molecule is O=C(O)NC1CCC(=O)N(C(CC2CCCCC2)C(=O)NC(CO)CC2CCNC2=O)C1=O. The largest absolute Gasteiger partial charge is 0.465 e. The van der Waals surface area contributed by atoms with Crippen molar-refractivity contribution in [2.75, 3.05) is 13.2 Å². The molecule has 1 saturated carbocycles. The number of aliphatic hydroxyl groups is 1. The molecule has 4 unspecified atom stereocenters. The van der Waals surface area contributed by atoms with Crippen LogP contribution in [0.2, 0.25) is 0 Å². The highest BCUT2D eigenvalue weighted by Gasteiger charge is 2.43. The summed E-state index contributed by atoms with van der Waals surface area (Å²) in [5, 5.41) is 26.5. The fourth-order valence-electron chi connectivity index (χ4n) is 5.17. The fraction of sp³-hybridized carbons (Fsp3) is 0.773. The zero-order valence-electron chi connectivity index (χ0n) is 18.8. The summed E-state index contributed by atoms with van der Waals surface area (Å²) in [6.07, 6.45) is 4.72. The summed E-state index contributed by atoms with van der Waals surface area (Å²) in [6, 6.07) is -2.86. The first kappa shape index (κ1) is 24.9. The van der Waals surface area contributed by atoms with Gasteiger partial charge in [0.05, 0.1) is 12.6 Å². The lowest BCUT2D eigenvalue weighted by Gasteiger charge is -2.38. The Kier molecular flexibility index (Phi) is 8.65. The number of rotatable bonds is 9. The highest BCUT2D eigenvalue weighted by Crippen LogP contribution is 2.30. The predicted molar refractivity (Wildman–Crippen MR) is 116 cm³/mol. The second-order valence-corrected chi connectivity index (χ2v) is 9.30. The van der Waals surface area contributed by atoms with Gasteiger partial charge in [-0.3, -0.25) is 24.1 Å². The van der Waals surface area contributed by atoms with Crippen molar-refractivity contribution >= 4 is 29.7 Å². The summed E-state index contributed by atoms with van der Waals surface area (Å²) in [6.45, 7) is 0.172. The van der Waals surface area contributed by atoms with Crippen molar-refractivity contribution < 1.29 is 34.2 Å². The lowest BCUT2D eigenvalue weighted by Crippen LogP contribution is -2.61. The highest BCUT2D eigenvalue weighted by atomic mass is 16.4. The molecule has 4 atom stereocenters. The molecule has 2 saturated heterocycles. The van der Waals surface area contributed by atoms with Gasteiger partial charge >= 0.3 is 6.09 Å². The van der Waals surface area contributed by atoms with Gasteiger partial charge in [0.15, 0.2) is 0 Å². The number of nitrogens with zero attached hydrogens (tertiary/aromatic N) is 1. The van der Waals surface area contributed by atoms with Gasteiger partial charge in [-0.1, -0.05) is 32.1 Å². The molecular weight excluding hydrogens is 432 g/mol. The van der Waals surface area contributed by atoms with E-state index in [9.17, 15) is 29.1 Å². The molecule has 2 aliphatic heterocycles. The van der Waals surface area contributed by atoms with E-state index in [0.717, 1.165) is 37.0 Å². The molecule has 2 heterocycles. The average Bonchev–Trinajstić information content (AvgIpc) is 3.19. The first-order chi connectivity index (χ1) is 15.8. The van der Waals surface area contributed by atoms with Crippen LogP contribution in [-0.4, -0.2) is 76.1 Å². The Labute approximate surface area is 192 Å². The second-order valence-electron chi connectivity index (χ2n) is 9.30. The van der Waals surface area contributed by atoms with Gasteiger partial charge < -0.3 is 26.2 Å². The van der Waals surface area contributed by atoms with Crippen molar-refractivity contribution in [3.05, 3.63) is 0 Å². The number of nitrogens with one attached hydrogen (secondary N) is 3. The van der Waals surface area contributed by atoms with Crippen LogP contribution in [-0.2, 0) is 19.2 Å². The van der Waals surface area contributed by atoms with Gasteiger partial charge in [0.1, 0.15) is 12.1 Å². The maximum Gasteiger partial charge on any atom is 0.405 e. The quantitative estimate of drug-likeness (QED) is 0.301. The highest BCUT2D eigenvalue weighted by molar-refractivity contribution is 6.05. The first-order valence-corrected chi connectivity index (χ1v) is 11.8. The maximum absolute atomic E-state index is 13.4. The van der Waals surface area contributed by atoms with E-state index in [-0.39, 0.29) is 43.6 Å². The molecule has 3 rings (SSSR count). The molecule has 0 spiro atoms. The van der Waals surface area contributed by atoms with Gasteiger partial charge in [0.2, 0.25) is 17.7 Å². The van der Waals surface area contributed by atoms with Crippen LogP contribution >= 0.6 is 0 Å². The molecule has 0 radical (unpaired) electrons. The van der Waals surface area contributed by atoms with E-state index in [0.29, 0.717) is 19.4 Å². The van der Waals surface area contributed by atoms with E-state index in [1.54, 1.807) is 0 Å². The summed E-state index contributed by atoms with van der Waals surface area (Å²) in [5.74, 6) is -2.06. The van der Waals surface area contributed by atoms with Crippen LogP contribution in [0.1, 0.15) is 64.2 Å². The number of piperidine rings is 1. The monoisotopic (exact) mass is 466 g/mol. The number of hydrogen-bond donors (Lipinski definition) is 5. The minimum atomic E-state index is -1.37. The van der Waals surface area contributed by atoms with E-state index >= 15 is 0 Å². The molecule has 5 N–H and O–H groups in total. The second kappa shape index (κ2) is 11.4. The lowest BCUT2D eigenvalue weighted by molar-refractivity contribution is -0.157. The van der Waals surface area contributed by atoms with Crippen molar-refractivity contribution in [3.8, 4) is 0 Å². The lowest BCUT2D eigenvalue weighted by atomic mass is 9.83. The minimum absolute atomic E-state index is 0.0448. The zero-order valence-corrected chi connectivity index (χ0v) is 18.8. The third kappa shape index (κ3) is 6.43. The normalized spacial score (nSPS) is 26.0. The molecule has 0 aromatic carbocycles. The number of aliphatic hydroxyl groups excluding tert-OH is 1. The van der Waals surface area contributed by atoms with Gasteiger partial charge in [-0.15, -0.1) is 0 Å². The molecule has 0 bridgehead atoms. The molecule has 11 nitrogen and oxygen atoms in total. The number of carbonyl (C=O) groups excluding carboxylic acids is 4. The molecule has 3 aliphatic rings. The Balaban J connectivity index is 1.77. The summed E-state index contributed by atoms with van der Waals surface area (Å²) >= 11 is 0. The van der Waals surface area contributed by atoms with Gasteiger partial charge in [-0.05, 0) is 31.6 Å². The summed E-state index contributed by atoms with van der Waals surface area (Å²) < 4.78 is 0. The van der Waals surface area contributed by atoms with E-state index < -0.39 is 41.9 Å². The average molecular weight is 467 g/mol. The Morgan fingerprint density at radius 2 is 1.79 bits per heavy atom. The topological polar surface area (TPSA) is 165 Å². The van der Waals surface area contributed by atoms with Gasteiger partial charge in [-0.2, -0.15) is 0 Å². The molecule has 3 fully saturated rings. The van der Waals surface area contributed by atoms with Crippen LogP contribution < -0.4 is 16.0 Å². The van der Waals surface area contributed by atoms with Gasteiger partial charge in [0.25, 0.3) is 5.91 Å². The van der Waals surface area contributed by atoms with Crippen molar-refractivity contribution in [1.82, 2.24) is 20.9 Å². The molecular formula is C22H34N4O7. The molecule has 0 aromatic heterocycles. The minimum Gasteiger partial charge on any atom is -0.465 e. The van der Waals surface area contributed by atoms with Crippen LogP contribution in [0.15, 0.2) is 0 Å². The molecule has 184 valence electrons. The van der Waals surface area contributed by atoms with Crippen LogP contribution in [0, 0.1) is 11.8 Å². The summed E-state index contributed by atoms with van der Waals surface area (Å²) in [5.41, 5.74) is 0. The van der Waals surface area contributed by atoms with Crippen molar-refractivity contribution in [2.45, 2.75) is 82.3 Å². The Hall–Kier alpha value is -2.69. The van der Waals surface area contributed by atoms with Crippen LogP contribution in [0.25, 0.3) is 0 Å². The first-order valence-electron chi connectivity index (χ1n) is 11.8. The predicted octanol–water partition coefficient (Wildman–Crippen LogP) is 0.114. The van der Waals surface area contributed by atoms with Crippen LogP contribution in [0.3, 0.4) is 0 Å². The van der Waals surface area contributed by atoms with E-state index in [1.165, 1.54) is 0 Å². The van der Waals surface area contributed by atoms with E-state index in [2.05, 4.69) is 16.0 Å². The Morgan fingerprint density at radius 1 is 1.06 bits per heavy atom. The number of carboxylic acid groups (broad SMARTS) is 1. The number of carbonyl (C=O) groups is 5. The summed E-state index contributed by atoms with van der Waals surface area (Å²) in [4.78, 5) is 63.1. The summed E-state index contributed by atoms with van der Waals surface area (Å²) in [7, 11) is 0. The van der Waals surface area contributed by atoms with Crippen molar-refractivity contribution in [3.63, 3.8) is 0 Å². The number of amides is 5. The molecule has 1 aliphatic carbocycles. The van der Waals surface area contributed by atoms with E-state index in [1.807, 2.05) is 0 Å². The maximum atomic E-state index is 13.4. The smallest absolute Gasteiger partial charge is 0.405 e. The third-order valence-electron chi connectivity index (χ3n) is 6.94. The molecule has 33 heavy (non-hydrogen) atoms. The standard InChI is InChI=1S/C22H34N4O7/c27-12-15(11-14-8-9-23-19(14)29)24-20(30)17(10-13-4-2-1-3-5-13)26-18(28)7-6-16(21(26)31)25-22(32)33/h13-17,25,27H,1-12H2,(H,23,29)(H,24,30)(H,32,33). The Bertz CT molecular complexity index is 768. The van der Waals surface area contributed by atoms with E-state index in [4.69, 9.17) is 5.11 Å². The number of likely N-dealkylation sites (tertiary alicyclic amines) is 1. The van der Waals surface area contributed by atoms with Crippen LogP contribution in [0.5, 0.6) is 0 Å². The molecule has 11 heteroatoms. The fourth-order valence-corrected chi connectivity index (χ4v) is 5.17. The van der Waals surface area contributed by atoms with Crippen LogP contribution in [0.4, 0.5) is 4.79 Å². The molecule has 0 aromatic rings. The Morgan fingerprint density at radius 3 is 2.39 bits per heavy atom. The zero-order chi connectivity index (χ0) is 24.0. The van der Waals surface area contributed by atoms with Gasteiger partial charge in [0, 0.05) is 18.9 Å². The number of imide groups is 1. The third-order valence-corrected chi connectivity index (χ3v) is 6.94. The van der Waals surface area contributed by atoms with Gasteiger partial charge in [-0.25, -0.2) is 4.79 Å². The molecule has 5 amide bonds.